The molecule has 6 heteroatoms. The molecule has 108 valence electrons. The van der Waals surface area contributed by atoms with Gasteiger partial charge in [0.15, 0.2) is 5.84 Å². The second-order valence-electron chi connectivity index (χ2n) is 4.32. The lowest BCUT2D eigenvalue weighted by atomic mass is 10.1. The summed E-state index contributed by atoms with van der Waals surface area (Å²) in [6.45, 7) is 0. The molecule has 2 rings (SSSR count). The molecule has 1 atom stereocenters. The number of amides is 1. The highest BCUT2D eigenvalue weighted by molar-refractivity contribution is 5.98. The van der Waals surface area contributed by atoms with E-state index in [0.717, 1.165) is 0 Å². The number of benzene rings is 2. The number of nitrogens with zero attached hydrogens (tertiary/aromatic N) is 1. The lowest BCUT2D eigenvalue weighted by Gasteiger charge is -2.18. The molecule has 0 radical (unpaired) electrons. The van der Waals surface area contributed by atoms with Crippen molar-refractivity contribution >= 4 is 11.7 Å². The second kappa shape index (κ2) is 6.51. The van der Waals surface area contributed by atoms with Crippen LogP contribution in [0.1, 0.15) is 22.0 Å². The average Bonchev–Trinajstić information content (AvgIpc) is 2.53. The van der Waals surface area contributed by atoms with E-state index in [4.69, 9.17) is 10.9 Å². The van der Waals surface area contributed by atoms with E-state index in [1.165, 1.54) is 18.2 Å². The monoisotopic (exact) mass is 287 g/mol. The zero-order chi connectivity index (χ0) is 15.2. The predicted molar refractivity (Wildman–Crippen MR) is 76.5 cm³/mol. The first kappa shape index (κ1) is 14.5. The molecule has 21 heavy (non-hydrogen) atoms. The maximum Gasteiger partial charge on any atom is 0.255 e. The first-order valence-corrected chi connectivity index (χ1v) is 6.21. The fraction of sp³-hybridized carbons (Fsp3) is 0.0667. The summed E-state index contributed by atoms with van der Waals surface area (Å²) in [4.78, 5) is 12.1. The van der Waals surface area contributed by atoms with Crippen LogP contribution in [0.15, 0.2) is 59.8 Å². The summed E-state index contributed by atoms with van der Waals surface area (Å²) in [5.74, 6) is -1.47. The maximum absolute atomic E-state index is 13.6. The lowest BCUT2D eigenvalue weighted by Crippen LogP contribution is -2.38. The van der Waals surface area contributed by atoms with Gasteiger partial charge < -0.3 is 16.3 Å². The Bertz CT molecular complexity index is 659. The van der Waals surface area contributed by atoms with Gasteiger partial charge in [-0.05, 0) is 17.7 Å². The van der Waals surface area contributed by atoms with Crippen LogP contribution in [-0.4, -0.2) is 17.0 Å². The number of carbonyl (C=O) groups excluding carboxylic acids is 1. The smallest absolute Gasteiger partial charge is 0.255 e. The molecular weight excluding hydrogens is 273 g/mol. The molecule has 1 unspecified atom stereocenters. The third kappa shape index (κ3) is 3.36. The zero-order valence-electron chi connectivity index (χ0n) is 11.0. The van der Waals surface area contributed by atoms with E-state index >= 15 is 0 Å². The van der Waals surface area contributed by atoms with Crippen molar-refractivity contribution in [1.82, 2.24) is 5.32 Å². The molecule has 0 saturated heterocycles. The number of hydrogen-bond acceptors (Lipinski definition) is 3. The number of rotatable bonds is 4. The summed E-state index contributed by atoms with van der Waals surface area (Å²) in [5, 5.41) is 14.3. The minimum atomic E-state index is -0.844. The van der Waals surface area contributed by atoms with Crippen LogP contribution in [0.5, 0.6) is 0 Å². The Labute approximate surface area is 120 Å². The number of oxime groups is 1. The highest BCUT2D eigenvalue weighted by Gasteiger charge is 2.21. The van der Waals surface area contributed by atoms with Crippen LogP contribution in [0.25, 0.3) is 0 Å². The summed E-state index contributed by atoms with van der Waals surface area (Å²) >= 11 is 0. The number of carbonyl (C=O) groups is 1. The molecule has 0 saturated carbocycles. The molecular formula is C15H14FN3O2. The summed E-state index contributed by atoms with van der Waals surface area (Å²) in [7, 11) is 0. The fourth-order valence-corrected chi connectivity index (χ4v) is 1.89. The fourth-order valence-electron chi connectivity index (χ4n) is 1.89. The van der Waals surface area contributed by atoms with Gasteiger partial charge in [-0.3, -0.25) is 4.79 Å². The molecule has 5 nitrogen and oxygen atoms in total. The van der Waals surface area contributed by atoms with Gasteiger partial charge in [0.05, 0.1) is 5.56 Å². The normalized spacial score (nSPS) is 12.7. The molecule has 0 aliphatic heterocycles. The van der Waals surface area contributed by atoms with Crippen molar-refractivity contribution in [2.24, 2.45) is 10.9 Å². The number of hydrogen-bond donors (Lipinski definition) is 3. The summed E-state index contributed by atoms with van der Waals surface area (Å²) in [6.07, 6.45) is 0. The third-order valence-corrected chi connectivity index (χ3v) is 2.94. The van der Waals surface area contributed by atoms with E-state index in [0.29, 0.717) is 5.56 Å². The topological polar surface area (TPSA) is 87.7 Å². The van der Waals surface area contributed by atoms with Gasteiger partial charge in [0, 0.05) is 0 Å². The zero-order valence-corrected chi connectivity index (χ0v) is 11.0. The SMILES string of the molecule is N/C(=N\O)C(NC(=O)c1ccccc1F)c1ccccc1. The predicted octanol–water partition coefficient (Wildman–Crippen LogP) is 2.04. The van der Waals surface area contributed by atoms with Crippen molar-refractivity contribution in [2.75, 3.05) is 0 Å². The van der Waals surface area contributed by atoms with Gasteiger partial charge >= 0.3 is 0 Å². The van der Waals surface area contributed by atoms with Gasteiger partial charge in [-0.15, -0.1) is 0 Å². The molecule has 1 amide bonds. The van der Waals surface area contributed by atoms with Gasteiger partial charge in [-0.25, -0.2) is 4.39 Å². The highest BCUT2D eigenvalue weighted by Crippen LogP contribution is 2.15. The van der Waals surface area contributed by atoms with Crippen LogP contribution >= 0.6 is 0 Å². The minimum Gasteiger partial charge on any atom is -0.409 e. The number of nitrogens with one attached hydrogen (secondary N) is 1. The molecule has 0 spiro atoms. The van der Waals surface area contributed by atoms with Crippen LogP contribution in [0.2, 0.25) is 0 Å². The van der Waals surface area contributed by atoms with Crippen molar-refractivity contribution in [3.63, 3.8) is 0 Å². The summed E-state index contributed by atoms with van der Waals surface area (Å²) in [6, 6.07) is 13.5. The molecule has 0 fully saturated rings. The average molecular weight is 287 g/mol. The number of nitrogens with two attached hydrogens (primary N) is 1. The van der Waals surface area contributed by atoms with E-state index < -0.39 is 17.8 Å². The molecule has 0 aliphatic carbocycles. The molecule has 0 aromatic heterocycles. The molecule has 0 bridgehead atoms. The lowest BCUT2D eigenvalue weighted by molar-refractivity contribution is 0.0942. The maximum atomic E-state index is 13.6. The van der Waals surface area contributed by atoms with Crippen molar-refractivity contribution in [1.29, 1.82) is 0 Å². The van der Waals surface area contributed by atoms with Gasteiger partial charge in [0.2, 0.25) is 0 Å². The Kier molecular flexibility index (Phi) is 4.50. The van der Waals surface area contributed by atoms with Crippen LogP contribution in [-0.2, 0) is 0 Å². The van der Waals surface area contributed by atoms with E-state index in [1.807, 2.05) is 0 Å². The number of halogens is 1. The van der Waals surface area contributed by atoms with E-state index in [2.05, 4.69) is 10.5 Å². The van der Waals surface area contributed by atoms with E-state index in [-0.39, 0.29) is 11.4 Å². The van der Waals surface area contributed by atoms with Crippen molar-refractivity contribution in [3.8, 4) is 0 Å². The van der Waals surface area contributed by atoms with Gasteiger partial charge in [0.25, 0.3) is 5.91 Å². The summed E-state index contributed by atoms with van der Waals surface area (Å²) in [5.41, 5.74) is 6.12. The standard InChI is InChI=1S/C15H14FN3O2/c16-12-9-5-4-8-11(12)15(20)18-13(14(17)19-21)10-6-2-1-3-7-10/h1-9,13,21H,(H2,17,19)(H,18,20). The van der Waals surface area contributed by atoms with Gasteiger partial charge in [0.1, 0.15) is 11.9 Å². The van der Waals surface area contributed by atoms with Crippen LogP contribution < -0.4 is 11.1 Å². The van der Waals surface area contributed by atoms with Gasteiger partial charge in [-0.1, -0.05) is 47.6 Å². The Balaban J connectivity index is 2.28. The molecule has 0 heterocycles. The highest BCUT2D eigenvalue weighted by atomic mass is 19.1. The van der Waals surface area contributed by atoms with Crippen molar-refractivity contribution < 1.29 is 14.4 Å². The van der Waals surface area contributed by atoms with E-state index in [1.54, 1.807) is 36.4 Å². The number of amidine groups is 1. The van der Waals surface area contributed by atoms with Crippen LogP contribution in [0, 0.1) is 5.82 Å². The first-order chi connectivity index (χ1) is 10.1. The molecule has 0 aliphatic rings. The second-order valence-corrected chi connectivity index (χ2v) is 4.32. The van der Waals surface area contributed by atoms with Gasteiger partial charge in [-0.2, -0.15) is 0 Å². The van der Waals surface area contributed by atoms with Crippen molar-refractivity contribution in [3.05, 3.63) is 71.5 Å². The van der Waals surface area contributed by atoms with Crippen LogP contribution in [0.3, 0.4) is 0 Å². The Morgan fingerprint density at radius 3 is 2.38 bits per heavy atom. The Morgan fingerprint density at radius 1 is 1.14 bits per heavy atom. The first-order valence-electron chi connectivity index (χ1n) is 6.21. The quantitative estimate of drug-likeness (QED) is 0.348. The molecule has 2 aromatic rings. The van der Waals surface area contributed by atoms with Crippen LogP contribution in [0.4, 0.5) is 4.39 Å². The largest absolute Gasteiger partial charge is 0.409 e. The summed E-state index contributed by atoms with van der Waals surface area (Å²) < 4.78 is 13.6. The molecule has 4 N–H and O–H groups in total. The Morgan fingerprint density at radius 2 is 1.76 bits per heavy atom. The molecule has 2 aromatic carbocycles. The third-order valence-electron chi connectivity index (χ3n) is 2.94. The van der Waals surface area contributed by atoms with Crippen molar-refractivity contribution in [2.45, 2.75) is 6.04 Å². The van der Waals surface area contributed by atoms with E-state index in [9.17, 15) is 9.18 Å². The Hall–Kier alpha value is -2.89. The minimum absolute atomic E-state index is 0.107.